The summed E-state index contributed by atoms with van der Waals surface area (Å²) in [6.45, 7) is 0.744. The first-order valence-electron chi connectivity index (χ1n) is 9.51. The molecule has 0 N–H and O–H groups in total. The van der Waals surface area contributed by atoms with Crippen molar-refractivity contribution < 1.29 is 13.2 Å². The average Bonchev–Trinajstić information content (AvgIpc) is 3.12. The van der Waals surface area contributed by atoms with E-state index in [0.29, 0.717) is 36.7 Å². The van der Waals surface area contributed by atoms with Gasteiger partial charge in [-0.3, -0.25) is 4.99 Å². The minimum atomic E-state index is -3.56. The number of hydrogen-bond donors (Lipinski definition) is 0. The minimum Gasteiger partial charge on any atom is -0.497 e. The fourth-order valence-corrected chi connectivity index (χ4v) is 5.85. The summed E-state index contributed by atoms with van der Waals surface area (Å²) in [5.74, 6) is 0.625. The summed E-state index contributed by atoms with van der Waals surface area (Å²) in [5, 5.41) is 1.55. The van der Waals surface area contributed by atoms with Gasteiger partial charge < -0.3 is 4.74 Å². The third kappa shape index (κ3) is 4.01. The number of hydrogen-bond acceptors (Lipinski definition) is 6. The first kappa shape index (κ1) is 21.4. The second kappa shape index (κ2) is 8.34. The molecule has 0 atom stereocenters. The maximum absolute atomic E-state index is 13.0. The Hall–Kier alpha value is -1.87. The predicted molar refractivity (Wildman–Crippen MR) is 123 cm³/mol. The summed E-state index contributed by atoms with van der Waals surface area (Å²) in [7, 11) is -2.01. The van der Waals surface area contributed by atoms with Gasteiger partial charge in [-0.15, -0.1) is 11.8 Å². The number of sulfonamides is 1. The van der Waals surface area contributed by atoms with E-state index in [-0.39, 0.29) is 4.90 Å². The van der Waals surface area contributed by atoms with Crippen molar-refractivity contribution in [3.05, 3.63) is 59.1 Å². The molecular weight excluding hydrogens is 442 g/mol. The molecule has 4 rings (SSSR count). The van der Waals surface area contributed by atoms with Gasteiger partial charge in [-0.1, -0.05) is 23.7 Å². The van der Waals surface area contributed by atoms with E-state index in [1.807, 2.05) is 30.5 Å². The van der Waals surface area contributed by atoms with Crippen molar-refractivity contribution >= 4 is 44.1 Å². The van der Waals surface area contributed by atoms with Gasteiger partial charge in [0.05, 0.1) is 17.7 Å². The van der Waals surface area contributed by atoms with Crippen LogP contribution < -0.4 is 4.74 Å². The van der Waals surface area contributed by atoms with Crippen LogP contribution in [0.15, 0.2) is 63.4 Å². The highest BCUT2D eigenvalue weighted by atomic mass is 35.5. The number of methoxy groups -OCH3 is 1. The number of ether oxygens (including phenoxy) is 1. The maximum Gasteiger partial charge on any atom is 0.243 e. The summed E-state index contributed by atoms with van der Waals surface area (Å²) in [6, 6.07) is 14.0. The Morgan fingerprint density at radius 3 is 2.23 bits per heavy atom. The van der Waals surface area contributed by atoms with Crippen molar-refractivity contribution in [3.8, 4) is 5.75 Å². The van der Waals surface area contributed by atoms with Gasteiger partial charge in [-0.05, 0) is 42.7 Å². The standard InChI is InChI=1S/C21H22ClN3O3S2/c1-28-17-7-9-18(10-8-17)30(26,27)25-13-11-21(12-14-25)23-19(20(24-21)29-2)15-3-5-16(22)6-4-15/h3-10H,11-14H2,1-2H3. The molecular formula is C21H22ClN3O3S2. The highest BCUT2D eigenvalue weighted by Crippen LogP contribution is 2.36. The Morgan fingerprint density at radius 1 is 1.03 bits per heavy atom. The topological polar surface area (TPSA) is 71.3 Å². The van der Waals surface area contributed by atoms with Crippen molar-refractivity contribution in [2.24, 2.45) is 9.98 Å². The predicted octanol–water partition coefficient (Wildman–Crippen LogP) is 4.09. The van der Waals surface area contributed by atoms with E-state index in [0.717, 1.165) is 16.3 Å². The van der Waals surface area contributed by atoms with Gasteiger partial charge in [0.2, 0.25) is 10.0 Å². The number of nitrogens with zero attached hydrogens (tertiary/aromatic N) is 3. The van der Waals surface area contributed by atoms with Crippen LogP contribution in [0.4, 0.5) is 0 Å². The minimum absolute atomic E-state index is 0.268. The molecule has 2 heterocycles. The van der Waals surface area contributed by atoms with Crippen LogP contribution in [0.25, 0.3) is 0 Å². The van der Waals surface area contributed by atoms with Gasteiger partial charge in [0, 0.05) is 36.5 Å². The van der Waals surface area contributed by atoms with Crippen LogP contribution in [0.3, 0.4) is 0 Å². The van der Waals surface area contributed by atoms with Crippen LogP contribution in [-0.2, 0) is 10.0 Å². The van der Waals surface area contributed by atoms with Crippen LogP contribution in [-0.4, -0.2) is 55.6 Å². The van der Waals surface area contributed by atoms with Crippen molar-refractivity contribution in [1.82, 2.24) is 4.31 Å². The Morgan fingerprint density at radius 2 is 1.67 bits per heavy atom. The van der Waals surface area contributed by atoms with Gasteiger partial charge in [-0.2, -0.15) is 4.31 Å². The van der Waals surface area contributed by atoms with Crippen LogP contribution in [0.1, 0.15) is 18.4 Å². The molecule has 9 heteroatoms. The Labute approximate surface area is 186 Å². The summed E-state index contributed by atoms with van der Waals surface area (Å²) in [5.41, 5.74) is 1.22. The largest absolute Gasteiger partial charge is 0.497 e. The molecule has 158 valence electrons. The lowest BCUT2D eigenvalue weighted by molar-refractivity contribution is 0.249. The third-order valence-corrected chi connectivity index (χ3v) is 8.20. The Bertz CT molecular complexity index is 1090. The third-order valence-electron chi connectivity index (χ3n) is 5.36. The number of rotatable bonds is 4. The second-order valence-corrected chi connectivity index (χ2v) is 10.3. The molecule has 0 radical (unpaired) electrons. The van der Waals surface area contributed by atoms with E-state index < -0.39 is 15.7 Å². The molecule has 1 saturated heterocycles. The van der Waals surface area contributed by atoms with Gasteiger partial charge >= 0.3 is 0 Å². The molecule has 2 aromatic rings. The van der Waals surface area contributed by atoms with Crippen LogP contribution in [0.5, 0.6) is 5.75 Å². The van der Waals surface area contributed by atoms with E-state index in [2.05, 4.69) is 0 Å². The first-order valence-corrected chi connectivity index (χ1v) is 12.6. The quantitative estimate of drug-likeness (QED) is 0.684. The SMILES string of the molecule is COc1ccc(S(=O)(=O)N2CCC3(CC2)N=C(SC)C(c2ccc(Cl)cc2)=N3)cc1. The van der Waals surface area contributed by atoms with Crippen LogP contribution in [0.2, 0.25) is 5.02 Å². The molecule has 0 aliphatic carbocycles. The number of halogens is 1. The molecule has 0 unspecified atom stereocenters. The molecule has 1 fully saturated rings. The summed E-state index contributed by atoms with van der Waals surface area (Å²) >= 11 is 7.57. The zero-order chi connectivity index (χ0) is 21.4. The number of benzene rings is 2. The zero-order valence-corrected chi connectivity index (χ0v) is 19.1. The first-order chi connectivity index (χ1) is 14.4. The molecule has 2 aliphatic heterocycles. The van der Waals surface area contributed by atoms with E-state index in [1.54, 1.807) is 43.1 Å². The summed E-state index contributed by atoms with van der Waals surface area (Å²) in [6.07, 6.45) is 3.07. The van der Waals surface area contributed by atoms with Crippen LogP contribution >= 0.6 is 23.4 Å². The molecule has 2 aliphatic rings. The molecule has 2 aromatic carbocycles. The van der Waals surface area contributed by atoms with E-state index >= 15 is 0 Å². The monoisotopic (exact) mass is 463 g/mol. The van der Waals surface area contributed by atoms with Gasteiger partial charge in [0.1, 0.15) is 10.8 Å². The smallest absolute Gasteiger partial charge is 0.243 e. The summed E-state index contributed by atoms with van der Waals surface area (Å²) in [4.78, 5) is 10.1. The van der Waals surface area contributed by atoms with Crippen LogP contribution in [0, 0.1) is 0 Å². The normalized spacial score (nSPS) is 18.9. The van der Waals surface area contributed by atoms with E-state index in [1.165, 1.54) is 4.31 Å². The molecule has 0 aromatic heterocycles. The lowest BCUT2D eigenvalue weighted by Crippen LogP contribution is -2.44. The van der Waals surface area contributed by atoms with Crippen molar-refractivity contribution in [1.29, 1.82) is 0 Å². The molecule has 1 spiro atoms. The average molecular weight is 464 g/mol. The summed E-state index contributed by atoms with van der Waals surface area (Å²) < 4.78 is 32.7. The lowest BCUT2D eigenvalue weighted by Gasteiger charge is -2.34. The molecule has 0 bridgehead atoms. The van der Waals surface area contributed by atoms with E-state index in [4.69, 9.17) is 26.3 Å². The highest BCUT2D eigenvalue weighted by Gasteiger charge is 2.42. The number of thioether (sulfide) groups is 1. The fraction of sp³-hybridized carbons (Fsp3) is 0.333. The van der Waals surface area contributed by atoms with Gasteiger partial charge in [-0.25, -0.2) is 13.4 Å². The molecule has 0 saturated carbocycles. The van der Waals surface area contributed by atoms with Crippen molar-refractivity contribution in [2.45, 2.75) is 23.4 Å². The molecule has 30 heavy (non-hydrogen) atoms. The van der Waals surface area contributed by atoms with Crippen molar-refractivity contribution in [2.75, 3.05) is 26.5 Å². The van der Waals surface area contributed by atoms with Crippen molar-refractivity contribution in [3.63, 3.8) is 0 Å². The fourth-order valence-electron chi connectivity index (χ4n) is 3.67. The number of aliphatic imine (C=N–C) groups is 2. The lowest BCUT2D eigenvalue weighted by atomic mass is 10.00. The molecule has 0 amide bonds. The van der Waals surface area contributed by atoms with Gasteiger partial charge in [0.25, 0.3) is 0 Å². The highest BCUT2D eigenvalue weighted by molar-refractivity contribution is 8.15. The maximum atomic E-state index is 13.0. The number of piperidine rings is 1. The second-order valence-electron chi connectivity index (χ2n) is 7.15. The zero-order valence-electron chi connectivity index (χ0n) is 16.7. The van der Waals surface area contributed by atoms with Gasteiger partial charge in [0.15, 0.2) is 5.66 Å². The Kier molecular flexibility index (Phi) is 5.94. The Balaban J connectivity index is 1.54. The molecule has 6 nitrogen and oxygen atoms in total. The van der Waals surface area contributed by atoms with E-state index in [9.17, 15) is 8.42 Å².